The highest BCUT2D eigenvalue weighted by Gasteiger charge is 2.65. The molecule has 2 aliphatic carbocycles. The Hall–Kier alpha value is -1.43. The van der Waals surface area contributed by atoms with Crippen LogP contribution in [0.1, 0.15) is 50.5 Å². The molecule has 0 amide bonds. The van der Waals surface area contributed by atoms with E-state index in [1.807, 2.05) is 30.3 Å². The van der Waals surface area contributed by atoms with E-state index in [1.54, 1.807) is 0 Å². The summed E-state index contributed by atoms with van der Waals surface area (Å²) in [6.45, 7) is 0.409. The van der Waals surface area contributed by atoms with Crippen molar-refractivity contribution in [2.75, 3.05) is 0 Å². The SMILES string of the molecule is O=C1O[C@@H]2C[C@@]1(OCc1ccccc1)C[C@H]1OC3(CCCCC3)O[C@@H]21. The average Bonchev–Trinajstić information content (AvgIpc) is 3.12. The van der Waals surface area contributed by atoms with Crippen LogP contribution in [0, 0.1) is 0 Å². The Morgan fingerprint density at radius 1 is 1.00 bits per heavy atom. The van der Waals surface area contributed by atoms with E-state index < -0.39 is 11.4 Å². The van der Waals surface area contributed by atoms with E-state index in [9.17, 15) is 4.79 Å². The first-order chi connectivity index (χ1) is 12.2. The zero-order chi connectivity index (χ0) is 16.9. The van der Waals surface area contributed by atoms with Gasteiger partial charge < -0.3 is 18.9 Å². The number of carbonyl (C=O) groups excluding carboxylic acids is 1. The Kier molecular flexibility index (Phi) is 3.66. The molecule has 2 aliphatic heterocycles. The van der Waals surface area contributed by atoms with Gasteiger partial charge in [-0.25, -0.2) is 4.79 Å². The Morgan fingerprint density at radius 3 is 2.56 bits per heavy atom. The van der Waals surface area contributed by atoms with E-state index in [-0.39, 0.29) is 24.3 Å². The van der Waals surface area contributed by atoms with Crippen molar-refractivity contribution in [3.8, 4) is 0 Å². The molecule has 2 saturated carbocycles. The third-order valence-corrected chi connectivity index (χ3v) is 6.12. The minimum atomic E-state index is -0.884. The van der Waals surface area contributed by atoms with E-state index in [1.165, 1.54) is 6.42 Å². The van der Waals surface area contributed by atoms with Crippen molar-refractivity contribution in [3.05, 3.63) is 35.9 Å². The molecule has 1 spiro atoms. The van der Waals surface area contributed by atoms with Gasteiger partial charge in [-0.05, 0) is 18.4 Å². The largest absolute Gasteiger partial charge is 0.457 e. The maximum absolute atomic E-state index is 12.5. The fourth-order valence-electron chi connectivity index (χ4n) is 4.84. The summed E-state index contributed by atoms with van der Waals surface area (Å²) in [7, 11) is 0. The first-order valence-electron chi connectivity index (χ1n) is 9.43. The molecule has 5 rings (SSSR count). The number of esters is 1. The molecule has 4 atom stereocenters. The molecule has 5 nitrogen and oxygen atoms in total. The number of ether oxygens (including phenoxy) is 4. The number of rotatable bonds is 3. The Labute approximate surface area is 147 Å². The first-order valence-corrected chi connectivity index (χ1v) is 9.43. The molecule has 0 unspecified atom stereocenters. The summed E-state index contributed by atoms with van der Waals surface area (Å²) in [5.41, 5.74) is 0.174. The van der Waals surface area contributed by atoms with Gasteiger partial charge in [0.25, 0.3) is 0 Å². The van der Waals surface area contributed by atoms with Crippen molar-refractivity contribution in [2.24, 2.45) is 0 Å². The smallest absolute Gasteiger partial charge is 0.339 e. The second kappa shape index (κ2) is 5.79. The van der Waals surface area contributed by atoms with E-state index in [0.29, 0.717) is 19.4 Å². The number of fused-ring (bicyclic) bond motifs is 4. The van der Waals surface area contributed by atoms with Gasteiger partial charge in [0.2, 0.25) is 0 Å². The van der Waals surface area contributed by atoms with E-state index in [2.05, 4.69) is 0 Å². The van der Waals surface area contributed by atoms with Gasteiger partial charge >= 0.3 is 5.97 Å². The highest BCUT2D eigenvalue weighted by Crippen LogP contribution is 2.51. The molecule has 25 heavy (non-hydrogen) atoms. The van der Waals surface area contributed by atoms with Gasteiger partial charge in [0.05, 0.1) is 12.7 Å². The van der Waals surface area contributed by atoms with E-state index in [0.717, 1.165) is 31.2 Å². The summed E-state index contributed by atoms with van der Waals surface area (Å²) < 4.78 is 24.5. The lowest BCUT2D eigenvalue weighted by Crippen LogP contribution is -2.48. The highest BCUT2D eigenvalue weighted by atomic mass is 16.8. The van der Waals surface area contributed by atoms with Crippen LogP contribution in [-0.4, -0.2) is 35.7 Å². The lowest BCUT2D eigenvalue weighted by atomic mass is 9.82. The van der Waals surface area contributed by atoms with E-state index >= 15 is 0 Å². The maximum Gasteiger partial charge on any atom is 0.339 e. The molecule has 4 fully saturated rings. The van der Waals surface area contributed by atoms with Crippen LogP contribution in [0.2, 0.25) is 0 Å². The number of hydrogen-bond acceptors (Lipinski definition) is 5. The Morgan fingerprint density at radius 2 is 1.76 bits per heavy atom. The minimum absolute atomic E-state index is 0.112. The number of benzene rings is 1. The molecule has 0 N–H and O–H groups in total. The first kappa shape index (κ1) is 15.8. The summed E-state index contributed by atoms with van der Waals surface area (Å²) in [4.78, 5) is 12.5. The van der Waals surface area contributed by atoms with Crippen LogP contribution in [0.5, 0.6) is 0 Å². The number of carbonyl (C=O) groups is 1. The topological polar surface area (TPSA) is 54.0 Å². The predicted octanol–water partition coefficient (Wildman–Crippen LogP) is 3.11. The quantitative estimate of drug-likeness (QED) is 0.789. The normalized spacial score (nSPS) is 38.6. The highest BCUT2D eigenvalue weighted by molar-refractivity contribution is 5.82. The van der Waals surface area contributed by atoms with E-state index in [4.69, 9.17) is 18.9 Å². The van der Waals surface area contributed by atoms with Crippen molar-refractivity contribution < 1.29 is 23.7 Å². The molecule has 2 heterocycles. The van der Waals surface area contributed by atoms with Crippen LogP contribution >= 0.6 is 0 Å². The van der Waals surface area contributed by atoms with Crippen molar-refractivity contribution in [3.63, 3.8) is 0 Å². The van der Waals surface area contributed by atoms with Gasteiger partial charge in [0.15, 0.2) is 11.4 Å². The summed E-state index contributed by atoms with van der Waals surface area (Å²) >= 11 is 0. The second-order valence-electron chi connectivity index (χ2n) is 7.83. The van der Waals surface area contributed by atoms with Gasteiger partial charge in [0.1, 0.15) is 12.2 Å². The molecule has 5 heteroatoms. The third-order valence-electron chi connectivity index (χ3n) is 6.12. The Balaban J connectivity index is 1.34. The summed E-state index contributed by atoms with van der Waals surface area (Å²) in [6.07, 6.45) is 6.00. The van der Waals surface area contributed by atoms with Crippen LogP contribution in [-0.2, 0) is 30.3 Å². The monoisotopic (exact) mass is 344 g/mol. The molecule has 0 radical (unpaired) electrons. The maximum atomic E-state index is 12.5. The van der Waals surface area contributed by atoms with Gasteiger partial charge in [-0.3, -0.25) is 0 Å². The molecule has 1 aromatic rings. The van der Waals surface area contributed by atoms with Crippen molar-refractivity contribution >= 4 is 5.97 Å². The summed E-state index contributed by atoms with van der Waals surface area (Å²) in [6, 6.07) is 9.94. The van der Waals surface area contributed by atoms with Gasteiger partial charge in [-0.1, -0.05) is 36.8 Å². The summed E-state index contributed by atoms with van der Waals surface area (Å²) in [5, 5.41) is 0. The Bertz CT molecular complexity index is 653. The van der Waals surface area contributed by atoms with Crippen molar-refractivity contribution in [2.45, 2.75) is 81.3 Å². The lowest BCUT2D eigenvalue weighted by molar-refractivity contribution is -0.205. The van der Waals surface area contributed by atoms with Crippen LogP contribution in [0.4, 0.5) is 0 Å². The second-order valence-corrected chi connectivity index (χ2v) is 7.83. The molecule has 134 valence electrons. The van der Waals surface area contributed by atoms with Gasteiger partial charge in [0, 0.05) is 25.7 Å². The standard InChI is InChI=1S/C20H24O5/c21-18-19(22-13-14-7-3-1-4-8-14)11-15(23-18)17-16(12-19)24-20(25-17)9-5-2-6-10-20/h1,3-4,7-8,15-17H,2,5-6,9-13H2/t15-,16-,17+,19-/m1/s1. The third kappa shape index (κ3) is 2.60. The van der Waals surface area contributed by atoms with Crippen molar-refractivity contribution in [1.82, 2.24) is 0 Å². The molecular formula is C20H24O5. The number of hydrogen-bond donors (Lipinski definition) is 0. The van der Waals surface area contributed by atoms with Gasteiger partial charge in [-0.15, -0.1) is 0 Å². The van der Waals surface area contributed by atoms with Crippen LogP contribution < -0.4 is 0 Å². The fraction of sp³-hybridized carbons (Fsp3) is 0.650. The zero-order valence-electron chi connectivity index (χ0n) is 14.3. The summed E-state index contributed by atoms with van der Waals surface area (Å²) in [5.74, 6) is -0.710. The zero-order valence-corrected chi connectivity index (χ0v) is 14.3. The van der Waals surface area contributed by atoms with Gasteiger partial charge in [-0.2, -0.15) is 0 Å². The molecule has 4 aliphatic rings. The van der Waals surface area contributed by atoms with Crippen LogP contribution in [0.15, 0.2) is 30.3 Å². The average molecular weight is 344 g/mol. The fourth-order valence-corrected chi connectivity index (χ4v) is 4.84. The van der Waals surface area contributed by atoms with Crippen LogP contribution in [0.3, 0.4) is 0 Å². The van der Waals surface area contributed by atoms with Crippen molar-refractivity contribution in [1.29, 1.82) is 0 Å². The minimum Gasteiger partial charge on any atom is -0.457 e. The molecule has 1 aromatic carbocycles. The predicted molar refractivity (Wildman–Crippen MR) is 88.6 cm³/mol. The molecular weight excluding hydrogens is 320 g/mol. The molecule has 2 bridgehead atoms. The van der Waals surface area contributed by atoms with Crippen LogP contribution in [0.25, 0.3) is 0 Å². The lowest BCUT2D eigenvalue weighted by Gasteiger charge is -2.33. The molecule has 0 aromatic heterocycles. The molecule has 2 saturated heterocycles.